The molecule has 0 aliphatic carbocycles. The van der Waals surface area contributed by atoms with Crippen LogP contribution in [-0.2, 0) is 11.3 Å². The smallest absolute Gasteiger partial charge is 0.160 e. The van der Waals surface area contributed by atoms with Gasteiger partial charge in [0, 0.05) is 25.3 Å². The molecule has 118 valence electrons. The maximum atomic E-state index is 6.17. The summed E-state index contributed by atoms with van der Waals surface area (Å²) in [6.45, 7) is 9.07. The summed E-state index contributed by atoms with van der Waals surface area (Å²) in [5.74, 6) is 1.97. The molecular weight excluding hydrogens is 266 g/mol. The standard InChI is InChI=1S/C16H27N3O2/c1-10(2)16-18-9-15(14(19-16)8-17-5)21-13-6-11(3)20-12(4)7-13/h9-13,17H,6-8H2,1-5H3. The van der Waals surface area contributed by atoms with Crippen molar-refractivity contribution in [2.24, 2.45) is 0 Å². The molecule has 2 atom stereocenters. The predicted molar refractivity (Wildman–Crippen MR) is 82.5 cm³/mol. The molecule has 2 rings (SSSR count). The molecule has 1 fully saturated rings. The van der Waals surface area contributed by atoms with Gasteiger partial charge in [-0.25, -0.2) is 9.97 Å². The van der Waals surface area contributed by atoms with Crippen molar-refractivity contribution in [2.45, 2.75) is 71.3 Å². The fourth-order valence-corrected chi connectivity index (χ4v) is 2.71. The molecule has 0 spiro atoms. The van der Waals surface area contributed by atoms with Crippen LogP contribution < -0.4 is 10.1 Å². The second-order valence-corrected chi connectivity index (χ2v) is 6.19. The van der Waals surface area contributed by atoms with Crippen LogP contribution in [0.3, 0.4) is 0 Å². The van der Waals surface area contributed by atoms with E-state index in [9.17, 15) is 0 Å². The first-order valence-corrected chi connectivity index (χ1v) is 7.82. The number of ether oxygens (including phenoxy) is 2. The highest BCUT2D eigenvalue weighted by molar-refractivity contribution is 5.25. The van der Waals surface area contributed by atoms with E-state index in [2.05, 4.69) is 43.0 Å². The van der Waals surface area contributed by atoms with Crippen LogP contribution in [0.4, 0.5) is 0 Å². The monoisotopic (exact) mass is 293 g/mol. The zero-order valence-electron chi connectivity index (χ0n) is 13.7. The molecule has 1 aromatic rings. The van der Waals surface area contributed by atoms with Crippen molar-refractivity contribution in [3.8, 4) is 5.75 Å². The van der Waals surface area contributed by atoms with Crippen LogP contribution in [0.1, 0.15) is 58.0 Å². The lowest BCUT2D eigenvalue weighted by Gasteiger charge is -2.32. The Labute approximate surface area is 127 Å². The molecule has 0 aromatic carbocycles. The van der Waals surface area contributed by atoms with Gasteiger partial charge in [-0.1, -0.05) is 13.8 Å². The zero-order valence-corrected chi connectivity index (χ0v) is 13.7. The van der Waals surface area contributed by atoms with Crippen LogP contribution in [-0.4, -0.2) is 35.3 Å². The van der Waals surface area contributed by atoms with E-state index in [4.69, 9.17) is 9.47 Å². The second-order valence-electron chi connectivity index (χ2n) is 6.19. The molecular formula is C16H27N3O2. The van der Waals surface area contributed by atoms with E-state index in [0.717, 1.165) is 30.1 Å². The Morgan fingerprint density at radius 2 is 2.00 bits per heavy atom. The highest BCUT2D eigenvalue weighted by atomic mass is 16.5. The molecule has 1 saturated heterocycles. The molecule has 0 amide bonds. The van der Waals surface area contributed by atoms with Crippen molar-refractivity contribution in [1.82, 2.24) is 15.3 Å². The van der Waals surface area contributed by atoms with E-state index in [1.807, 2.05) is 13.2 Å². The first-order valence-electron chi connectivity index (χ1n) is 7.82. The summed E-state index contributed by atoms with van der Waals surface area (Å²) in [5, 5.41) is 3.15. The lowest BCUT2D eigenvalue weighted by molar-refractivity contribution is -0.0724. The third kappa shape index (κ3) is 4.38. The van der Waals surface area contributed by atoms with E-state index in [-0.39, 0.29) is 18.3 Å². The summed E-state index contributed by atoms with van der Waals surface area (Å²) in [7, 11) is 1.92. The minimum absolute atomic E-state index is 0.174. The molecule has 0 bridgehead atoms. The molecule has 1 aliphatic heterocycles. The van der Waals surface area contributed by atoms with Crippen molar-refractivity contribution in [3.05, 3.63) is 17.7 Å². The number of hydrogen-bond donors (Lipinski definition) is 1. The Bertz CT molecular complexity index is 455. The molecule has 1 aromatic heterocycles. The van der Waals surface area contributed by atoms with Crippen LogP contribution in [0.2, 0.25) is 0 Å². The van der Waals surface area contributed by atoms with Gasteiger partial charge in [0.1, 0.15) is 11.9 Å². The molecule has 0 saturated carbocycles. The topological polar surface area (TPSA) is 56.3 Å². The van der Waals surface area contributed by atoms with Gasteiger partial charge in [-0.3, -0.25) is 0 Å². The molecule has 5 heteroatoms. The molecule has 1 N–H and O–H groups in total. The van der Waals surface area contributed by atoms with Crippen molar-refractivity contribution in [3.63, 3.8) is 0 Å². The van der Waals surface area contributed by atoms with Gasteiger partial charge in [-0.2, -0.15) is 0 Å². The summed E-state index contributed by atoms with van der Waals surface area (Å²) in [4.78, 5) is 9.07. The Morgan fingerprint density at radius 1 is 1.33 bits per heavy atom. The van der Waals surface area contributed by atoms with Crippen molar-refractivity contribution in [1.29, 1.82) is 0 Å². The van der Waals surface area contributed by atoms with E-state index >= 15 is 0 Å². The van der Waals surface area contributed by atoms with Crippen LogP contribution in [0.15, 0.2) is 6.20 Å². The van der Waals surface area contributed by atoms with E-state index < -0.39 is 0 Å². The molecule has 2 heterocycles. The van der Waals surface area contributed by atoms with Crippen molar-refractivity contribution in [2.75, 3.05) is 7.05 Å². The summed E-state index contributed by atoms with van der Waals surface area (Å²) < 4.78 is 11.9. The van der Waals surface area contributed by atoms with Crippen LogP contribution in [0.25, 0.3) is 0 Å². The van der Waals surface area contributed by atoms with Gasteiger partial charge in [-0.15, -0.1) is 0 Å². The van der Waals surface area contributed by atoms with Gasteiger partial charge in [0.15, 0.2) is 5.75 Å². The Balaban J connectivity index is 2.14. The summed E-state index contributed by atoms with van der Waals surface area (Å²) >= 11 is 0. The third-order valence-electron chi connectivity index (χ3n) is 3.66. The fraction of sp³-hybridized carbons (Fsp3) is 0.750. The normalized spacial score (nSPS) is 26.1. The summed E-state index contributed by atoms with van der Waals surface area (Å²) in [6.07, 6.45) is 4.29. The maximum absolute atomic E-state index is 6.17. The van der Waals surface area contributed by atoms with Gasteiger partial charge in [0.05, 0.1) is 24.1 Å². The Kier molecular flexibility index (Phi) is 5.53. The lowest BCUT2D eigenvalue weighted by Crippen LogP contribution is -2.36. The van der Waals surface area contributed by atoms with E-state index in [0.29, 0.717) is 12.5 Å². The van der Waals surface area contributed by atoms with E-state index in [1.54, 1.807) is 0 Å². The Morgan fingerprint density at radius 3 is 2.57 bits per heavy atom. The van der Waals surface area contributed by atoms with Gasteiger partial charge >= 0.3 is 0 Å². The SMILES string of the molecule is CNCc1nc(C(C)C)ncc1OC1CC(C)OC(C)C1. The minimum Gasteiger partial charge on any atom is -0.487 e. The first-order chi connectivity index (χ1) is 9.99. The number of rotatable bonds is 5. The molecule has 5 nitrogen and oxygen atoms in total. The quantitative estimate of drug-likeness (QED) is 0.904. The molecule has 21 heavy (non-hydrogen) atoms. The third-order valence-corrected chi connectivity index (χ3v) is 3.66. The van der Waals surface area contributed by atoms with Crippen molar-refractivity contribution < 1.29 is 9.47 Å². The summed E-state index contributed by atoms with van der Waals surface area (Å²) in [6, 6.07) is 0. The number of nitrogens with zero attached hydrogens (tertiary/aromatic N) is 2. The van der Waals surface area contributed by atoms with Crippen LogP contribution >= 0.6 is 0 Å². The number of aromatic nitrogens is 2. The van der Waals surface area contributed by atoms with E-state index in [1.165, 1.54) is 0 Å². The molecule has 0 radical (unpaired) electrons. The van der Waals surface area contributed by atoms with Gasteiger partial charge < -0.3 is 14.8 Å². The lowest BCUT2D eigenvalue weighted by atomic mass is 10.0. The number of hydrogen-bond acceptors (Lipinski definition) is 5. The molecule has 1 aliphatic rings. The predicted octanol–water partition coefficient (Wildman–Crippen LogP) is 2.65. The number of nitrogens with one attached hydrogen (secondary N) is 1. The average Bonchev–Trinajstić information content (AvgIpc) is 2.39. The Hall–Kier alpha value is -1.20. The van der Waals surface area contributed by atoms with Gasteiger partial charge in [0.2, 0.25) is 0 Å². The summed E-state index contributed by atoms with van der Waals surface area (Å²) in [5.41, 5.74) is 0.933. The van der Waals surface area contributed by atoms with Crippen LogP contribution in [0, 0.1) is 0 Å². The minimum atomic E-state index is 0.174. The van der Waals surface area contributed by atoms with Crippen LogP contribution in [0.5, 0.6) is 5.75 Å². The zero-order chi connectivity index (χ0) is 15.4. The van der Waals surface area contributed by atoms with Gasteiger partial charge in [-0.05, 0) is 20.9 Å². The van der Waals surface area contributed by atoms with Crippen molar-refractivity contribution >= 4 is 0 Å². The fourth-order valence-electron chi connectivity index (χ4n) is 2.71. The average molecular weight is 293 g/mol. The largest absolute Gasteiger partial charge is 0.487 e. The first kappa shape index (κ1) is 16.2. The van der Waals surface area contributed by atoms with Gasteiger partial charge in [0.25, 0.3) is 0 Å². The molecule has 2 unspecified atom stereocenters. The highest BCUT2D eigenvalue weighted by Gasteiger charge is 2.26. The highest BCUT2D eigenvalue weighted by Crippen LogP contribution is 2.26. The maximum Gasteiger partial charge on any atom is 0.160 e. The second kappa shape index (κ2) is 7.18.